The first-order valence-corrected chi connectivity index (χ1v) is 9.17. The lowest BCUT2D eigenvalue weighted by Gasteiger charge is -2.14. The number of esters is 1. The second-order valence-electron chi connectivity index (χ2n) is 6.14. The first-order chi connectivity index (χ1) is 13.6. The Kier molecular flexibility index (Phi) is 6.16. The molecular weight excluding hydrogens is 354 g/mol. The summed E-state index contributed by atoms with van der Waals surface area (Å²) < 4.78 is 4.71. The van der Waals surface area contributed by atoms with Gasteiger partial charge in [-0.3, -0.25) is 0 Å². The molecule has 0 spiro atoms. The molecule has 0 saturated heterocycles. The highest BCUT2D eigenvalue weighted by molar-refractivity contribution is 5.89. The fraction of sp³-hybridized carbons (Fsp3) is 0.238. The Labute approximate surface area is 164 Å². The van der Waals surface area contributed by atoms with Crippen LogP contribution < -0.4 is 10.6 Å². The van der Waals surface area contributed by atoms with Crippen molar-refractivity contribution < 1.29 is 9.53 Å². The average molecular weight is 377 g/mol. The SMILES string of the molecule is CCc1cccc(CC)c1Nc1nncc(Nc2ccc(C(=O)OC)cc2)n1. The molecule has 2 N–H and O–H groups in total. The number of nitrogens with one attached hydrogen (secondary N) is 2. The topological polar surface area (TPSA) is 89.0 Å². The van der Waals surface area contributed by atoms with Gasteiger partial charge in [-0.05, 0) is 48.2 Å². The van der Waals surface area contributed by atoms with Gasteiger partial charge in [0, 0.05) is 11.4 Å². The molecule has 28 heavy (non-hydrogen) atoms. The minimum atomic E-state index is -0.372. The third-order valence-electron chi connectivity index (χ3n) is 4.37. The number of aryl methyl sites for hydroxylation is 2. The van der Waals surface area contributed by atoms with Crippen molar-refractivity contribution in [2.24, 2.45) is 0 Å². The highest BCUT2D eigenvalue weighted by atomic mass is 16.5. The maximum atomic E-state index is 11.5. The fourth-order valence-electron chi connectivity index (χ4n) is 2.89. The molecule has 1 aromatic heterocycles. The Morgan fingerprint density at radius 3 is 2.29 bits per heavy atom. The molecule has 1 heterocycles. The Morgan fingerprint density at radius 2 is 1.68 bits per heavy atom. The summed E-state index contributed by atoms with van der Waals surface area (Å²) in [5, 5.41) is 14.6. The van der Waals surface area contributed by atoms with Gasteiger partial charge in [-0.2, -0.15) is 10.1 Å². The lowest BCUT2D eigenvalue weighted by Crippen LogP contribution is -2.06. The summed E-state index contributed by atoms with van der Waals surface area (Å²) in [4.78, 5) is 16.0. The third-order valence-corrected chi connectivity index (χ3v) is 4.37. The Hall–Kier alpha value is -3.48. The Balaban J connectivity index is 1.79. The van der Waals surface area contributed by atoms with Gasteiger partial charge in [0.2, 0.25) is 5.95 Å². The number of hydrogen-bond donors (Lipinski definition) is 2. The molecule has 2 aromatic carbocycles. The summed E-state index contributed by atoms with van der Waals surface area (Å²) in [6.45, 7) is 4.24. The lowest BCUT2D eigenvalue weighted by molar-refractivity contribution is 0.0601. The fourth-order valence-corrected chi connectivity index (χ4v) is 2.89. The molecule has 0 amide bonds. The van der Waals surface area contributed by atoms with Crippen molar-refractivity contribution in [1.82, 2.24) is 15.2 Å². The molecule has 144 valence electrons. The molecule has 3 rings (SSSR count). The molecule has 0 saturated carbocycles. The van der Waals surface area contributed by atoms with Crippen LogP contribution in [-0.4, -0.2) is 28.3 Å². The van der Waals surface area contributed by atoms with Crippen LogP contribution in [0, 0.1) is 0 Å². The number of aromatic nitrogens is 3. The maximum absolute atomic E-state index is 11.5. The number of rotatable bonds is 7. The molecule has 0 unspecified atom stereocenters. The Morgan fingerprint density at radius 1 is 1.00 bits per heavy atom. The van der Waals surface area contributed by atoms with E-state index < -0.39 is 0 Å². The third kappa shape index (κ3) is 4.43. The number of nitrogens with zero attached hydrogens (tertiary/aromatic N) is 3. The molecule has 0 aliphatic rings. The predicted molar refractivity (Wildman–Crippen MR) is 109 cm³/mol. The molecule has 0 atom stereocenters. The number of carbonyl (C=O) groups excluding carboxylic acids is 1. The number of hydrogen-bond acceptors (Lipinski definition) is 7. The van der Waals surface area contributed by atoms with Gasteiger partial charge in [0.1, 0.15) is 0 Å². The number of carbonyl (C=O) groups is 1. The second-order valence-corrected chi connectivity index (χ2v) is 6.14. The van der Waals surface area contributed by atoms with E-state index >= 15 is 0 Å². The first kappa shape index (κ1) is 19.3. The van der Waals surface area contributed by atoms with Crippen LogP contribution in [0.5, 0.6) is 0 Å². The van der Waals surface area contributed by atoms with Crippen LogP contribution in [0.15, 0.2) is 48.7 Å². The largest absolute Gasteiger partial charge is 0.465 e. The zero-order valence-corrected chi connectivity index (χ0v) is 16.2. The molecule has 0 fully saturated rings. The zero-order chi connectivity index (χ0) is 19.9. The average Bonchev–Trinajstić information content (AvgIpc) is 2.74. The van der Waals surface area contributed by atoms with E-state index in [1.165, 1.54) is 18.2 Å². The summed E-state index contributed by atoms with van der Waals surface area (Å²) in [7, 11) is 1.36. The van der Waals surface area contributed by atoms with Gasteiger partial charge in [0.05, 0.1) is 18.9 Å². The van der Waals surface area contributed by atoms with Crippen LogP contribution in [0.4, 0.5) is 23.1 Å². The van der Waals surface area contributed by atoms with Crippen LogP contribution >= 0.6 is 0 Å². The van der Waals surface area contributed by atoms with Crippen LogP contribution in [0.1, 0.15) is 35.3 Å². The first-order valence-electron chi connectivity index (χ1n) is 9.17. The summed E-state index contributed by atoms with van der Waals surface area (Å²) >= 11 is 0. The molecule has 0 aliphatic heterocycles. The van der Waals surface area contributed by atoms with E-state index in [9.17, 15) is 4.79 Å². The summed E-state index contributed by atoms with van der Waals surface area (Å²) in [6.07, 6.45) is 3.37. The van der Waals surface area contributed by atoms with E-state index in [2.05, 4.69) is 57.9 Å². The van der Waals surface area contributed by atoms with E-state index in [0.29, 0.717) is 17.3 Å². The predicted octanol–water partition coefficient (Wildman–Crippen LogP) is 4.27. The van der Waals surface area contributed by atoms with Gasteiger partial charge in [-0.25, -0.2) is 4.79 Å². The van der Waals surface area contributed by atoms with E-state index in [1.807, 2.05) is 0 Å². The normalized spacial score (nSPS) is 10.4. The van der Waals surface area contributed by atoms with Crippen molar-refractivity contribution in [3.63, 3.8) is 0 Å². The molecule has 7 nitrogen and oxygen atoms in total. The van der Waals surface area contributed by atoms with Gasteiger partial charge in [-0.1, -0.05) is 32.0 Å². The van der Waals surface area contributed by atoms with E-state index in [-0.39, 0.29) is 5.97 Å². The smallest absolute Gasteiger partial charge is 0.337 e. The molecule has 3 aromatic rings. The van der Waals surface area contributed by atoms with Gasteiger partial charge >= 0.3 is 5.97 Å². The van der Waals surface area contributed by atoms with Gasteiger partial charge < -0.3 is 15.4 Å². The van der Waals surface area contributed by atoms with E-state index in [0.717, 1.165) is 24.2 Å². The van der Waals surface area contributed by atoms with Crippen molar-refractivity contribution in [2.75, 3.05) is 17.7 Å². The van der Waals surface area contributed by atoms with Crippen LogP contribution in [0.25, 0.3) is 0 Å². The quantitative estimate of drug-likeness (QED) is 0.594. The van der Waals surface area contributed by atoms with Crippen molar-refractivity contribution >= 4 is 29.1 Å². The van der Waals surface area contributed by atoms with Crippen LogP contribution in [-0.2, 0) is 17.6 Å². The molecule has 0 aliphatic carbocycles. The number of anilines is 4. The van der Waals surface area contributed by atoms with Crippen molar-refractivity contribution in [1.29, 1.82) is 0 Å². The zero-order valence-electron chi connectivity index (χ0n) is 16.2. The highest BCUT2D eigenvalue weighted by Crippen LogP contribution is 2.25. The standard InChI is InChI=1S/C21H23N5O2/c1-4-14-7-6-8-15(5-2)19(14)25-21-24-18(13-22-26-21)23-17-11-9-16(10-12-17)20(27)28-3/h6-13H,4-5H2,1-3H3,(H2,23,24,25,26). The second kappa shape index (κ2) is 8.94. The van der Waals surface area contributed by atoms with Gasteiger partial charge in [0.25, 0.3) is 0 Å². The van der Waals surface area contributed by atoms with Crippen LogP contribution in [0.3, 0.4) is 0 Å². The molecule has 0 radical (unpaired) electrons. The number of benzene rings is 2. The summed E-state index contributed by atoms with van der Waals surface area (Å²) in [5.41, 5.74) is 4.72. The monoisotopic (exact) mass is 377 g/mol. The molecule has 7 heteroatoms. The Bertz CT molecular complexity index is 935. The summed E-state index contributed by atoms with van der Waals surface area (Å²) in [6, 6.07) is 13.2. The minimum Gasteiger partial charge on any atom is -0.465 e. The van der Waals surface area contributed by atoms with E-state index in [1.54, 1.807) is 30.5 Å². The summed E-state index contributed by atoms with van der Waals surface area (Å²) in [5.74, 6) is 0.602. The lowest BCUT2D eigenvalue weighted by atomic mass is 10.0. The number of methoxy groups -OCH3 is 1. The van der Waals surface area contributed by atoms with Crippen molar-refractivity contribution in [2.45, 2.75) is 26.7 Å². The highest BCUT2D eigenvalue weighted by Gasteiger charge is 2.10. The number of ether oxygens (including phenoxy) is 1. The molecule has 0 bridgehead atoms. The van der Waals surface area contributed by atoms with Crippen molar-refractivity contribution in [3.05, 3.63) is 65.4 Å². The van der Waals surface area contributed by atoms with Crippen molar-refractivity contribution in [3.8, 4) is 0 Å². The van der Waals surface area contributed by atoms with E-state index in [4.69, 9.17) is 4.74 Å². The molecular formula is C21H23N5O2. The van der Waals surface area contributed by atoms with Gasteiger partial charge in [-0.15, -0.1) is 5.10 Å². The van der Waals surface area contributed by atoms with Crippen LogP contribution in [0.2, 0.25) is 0 Å². The minimum absolute atomic E-state index is 0.372. The van der Waals surface area contributed by atoms with Gasteiger partial charge in [0.15, 0.2) is 5.82 Å². The maximum Gasteiger partial charge on any atom is 0.337 e. The number of para-hydroxylation sites is 1.